The van der Waals surface area contributed by atoms with Gasteiger partial charge in [-0.3, -0.25) is 0 Å². The molecule has 1 aliphatic rings. The largest absolute Gasteiger partial charge is 0.493 e. The summed E-state index contributed by atoms with van der Waals surface area (Å²) < 4.78 is 6.68. The number of halogens is 2. The maximum Gasteiger partial charge on any atom is 0.122 e. The van der Waals surface area contributed by atoms with Gasteiger partial charge in [0.1, 0.15) is 5.75 Å². The zero-order valence-corrected chi connectivity index (χ0v) is 14.2. The summed E-state index contributed by atoms with van der Waals surface area (Å²) in [5, 5.41) is 4.11. The fraction of sp³-hybridized carbons (Fsp3) is 0.294. The fourth-order valence-corrected chi connectivity index (χ4v) is 3.71. The molecule has 0 aliphatic carbocycles. The summed E-state index contributed by atoms with van der Waals surface area (Å²) in [7, 11) is 1.97. The highest BCUT2D eigenvalue weighted by molar-refractivity contribution is 9.10. The van der Waals surface area contributed by atoms with E-state index >= 15 is 0 Å². The molecule has 0 aromatic heterocycles. The van der Waals surface area contributed by atoms with Crippen LogP contribution in [0.1, 0.15) is 29.2 Å². The standard InChI is InChI=1S/C17H17BrClNO/c1-20-17(13-8-14(18)10-15(19)9-13)12-4-5-16-11(7-12)3-2-6-21-16/h4-5,7-10,17,20H,2-3,6H2,1H3. The topological polar surface area (TPSA) is 21.3 Å². The van der Waals surface area contributed by atoms with E-state index in [4.69, 9.17) is 16.3 Å². The minimum absolute atomic E-state index is 0.118. The third-order valence-corrected chi connectivity index (χ3v) is 4.45. The molecular formula is C17H17BrClNO. The Balaban J connectivity index is 1.99. The smallest absolute Gasteiger partial charge is 0.122 e. The molecule has 0 spiro atoms. The first-order valence-electron chi connectivity index (χ1n) is 7.06. The Morgan fingerprint density at radius 2 is 2.05 bits per heavy atom. The lowest BCUT2D eigenvalue weighted by molar-refractivity contribution is 0.288. The van der Waals surface area contributed by atoms with Crippen LogP contribution in [0.15, 0.2) is 40.9 Å². The maximum atomic E-state index is 6.18. The van der Waals surface area contributed by atoms with Crippen molar-refractivity contribution in [2.75, 3.05) is 13.7 Å². The second kappa shape index (κ2) is 6.39. The molecule has 4 heteroatoms. The van der Waals surface area contributed by atoms with E-state index in [9.17, 15) is 0 Å². The Hall–Kier alpha value is -1.03. The lowest BCUT2D eigenvalue weighted by Crippen LogP contribution is -2.18. The van der Waals surface area contributed by atoms with Crippen LogP contribution in [0.5, 0.6) is 5.75 Å². The van der Waals surface area contributed by atoms with E-state index in [2.05, 4.69) is 45.5 Å². The van der Waals surface area contributed by atoms with Crippen LogP contribution >= 0.6 is 27.5 Å². The highest BCUT2D eigenvalue weighted by Crippen LogP contribution is 2.32. The zero-order valence-electron chi connectivity index (χ0n) is 11.8. The van der Waals surface area contributed by atoms with Gasteiger partial charge in [0, 0.05) is 9.50 Å². The maximum absolute atomic E-state index is 6.18. The van der Waals surface area contributed by atoms with E-state index in [-0.39, 0.29) is 6.04 Å². The van der Waals surface area contributed by atoms with Crippen LogP contribution in [-0.2, 0) is 6.42 Å². The number of ether oxygens (including phenoxy) is 1. The van der Waals surface area contributed by atoms with Gasteiger partial charge in [0.15, 0.2) is 0 Å². The Morgan fingerprint density at radius 1 is 1.19 bits per heavy atom. The molecular weight excluding hydrogens is 350 g/mol. The molecule has 110 valence electrons. The lowest BCUT2D eigenvalue weighted by atomic mass is 9.95. The van der Waals surface area contributed by atoms with Crippen molar-refractivity contribution >= 4 is 27.5 Å². The van der Waals surface area contributed by atoms with Crippen LogP contribution < -0.4 is 10.1 Å². The monoisotopic (exact) mass is 365 g/mol. The number of benzene rings is 2. The Bertz CT molecular complexity index is 639. The fourth-order valence-electron chi connectivity index (χ4n) is 2.83. The highest BCUT2D eigenvalue weighted by Gasteiger charge is 2.17. The summed E-state index contributed by atoms with van der Waals surface area (Å²) in [5.74, 6) is 1.02. The van der Waals surface area contributed by atoms with Crippen LogP contribution in [0.2, 0.25) is 5.02 Å². The molecule has 0 bridgehead atoms. The molecule has 3 rings (SSSR count). The van der Waals surface area contributed by atoms with Gasteiger partial charge in [-0.1, -0.05) is 39.7 Å². The molecule has 1 unspecified atom stereocenters. The van der Waals surface area contributed by atoms with Crippen LogP contribution in [0, 0.1) is 0 Å². The number of rotatable bonds is 3. The minimum atomic E-state index is 0.118. The molecule has 1 N–H and O–H groups in total. The van der Waals surface area contributed by atoms with Crippen molar-refractivity contribution in [1.29, 1.82) is 0 Å². The molecule has 21 heavy (non-hydrogen) atoms. The van der Waals surface area contributed by atoms with Crippen LogP contribution in [0.3, 0.4) is 0 Å². The normalized spacial score (nSPS) is 15.2. The van der Waals surface area contributed by atoms with Crippen LogP contribution in [0.25, 0.3) is 0 Å². The first-order chi connectivity index (χ1) is 10.2. The molecule has 0 saturated carbocycles. The van der Waals surface area contributed by atoms with E-state index in [1.807, 2.05) is 19.2 Å². The third-order valence-electron chi connectivity index (χ3n) is 3.77. The molecule has 1 aliphatic heterocycles. The van der Waals surface area contributed by atoms with Gasteiger partial charge in [-0.25, -0.2) is 0 Å². The molecule has 2 nitrogen and oxygen atoms in total. The predicted octanol–water partition coefficient (Wildman–Crippen LogP) is 4.74. The molecule has 0 saturated heterocycles. The summed E-state index contributed by atoms with van der Waals surface area (Å²) in [6.07, 6.45) is 2.17. The van der Waals surface area contributed by atoms with Crippen molar-refractivity contribution in [1.82, 2.24) is 5.32 Å². The highest BCUT2D eigenvalue weighted by atomic mass is 79.9. The molecule has 2 aromatic rings. The van der Waals surface area contributed by atoms with Gasteiger partial charge in [-0.15, -0.1) is 0 Å². The molecule has 1 atom stereocenters. The van der Waals surface area contributed by atoms with E-state index in [0.29, 0.717) is 0 Å². The first kappa shape index (κ1) is 14.9. The van der Waals surface area contributed by atoms with Crippen molar-refractivity contribution in [3.63, 3.8) is 0 Å². The average Bonchev–Trinajstić information content (AvgIpc) is 2.47. The predicted molar refractivity (Wildman–Crippen MR) is 90.3 cm³/mol. The molecule has 0 radical (unpaired) electrons. The lowest BCUT2D eigenvalue weighted by Gasteiger charge is -2.22. The van der Waals surface area contributed by atoms with Gasteiger partial charge >= 0.3 is 0 Å². The Morgan fingerprint density at radius 3 is 2.81 bits per heavy atom. The molecule has 0 fully saturated rings. The summed E-state index contributed by atoms with van der Waals surface area (Å²) in [5.41, 5.74) is 3.67. The number of fused-ring (bicyclic) bond motifs is 1. The minimum Gasteiger partial charge on any atom is -0.493 e. The van der Waals surface area contributed by atoms with Crippen LogP contribution in [-0.4, -0.2) is 13.7 Å². The molecule has 1 heterocycles. The molecule has 0 amide bonds. The Labute approximate surface area is 138 Å². The second-order valence-electron chi connectivity index (χ2n) is 5.24. The summed E-state index contributed by atoms with van der Waals surface area (Å²) in [4.78, 5) is 0. The van der Waals surface area contributed by atoms with E-state index < -0.39 is 0 Å². The van der Waals surface area contributed by atoms with E-state index in [1.165, 1.54) is 11.1 Å². The number of hydrogen-bond donors (Lipinski definition) is 1. The first-order valence-corrected chi connectivity index (χ1v) is 8.23. The SMILES string of the molecule is CNC(c1cc(Cl)cc(Br)c1)c1ccc2c(c1)CCCO2. The zero-order chi connectivity index (χ0) is 14.8. The van der Waals surface area contributed by atoms with E-state index in [0.717, 1.165) is 40.3 Å². The van der Waals surface area contributed by atoms with Crippen molar-refractivity contribution in [3.8, 4) is 5.75 Å². The van der Waals surface area contributed by atoms with Gasteiger partial charge in [0.05, 0.1) is 12.6 Å². The number of nitrogens with one attached hydrogen (secondary N) is 1. The van der Waals surface area contributed by atoms with Gasteiger partial charge in [-0.05, 0) is 60.8 Å². The van der Waals surface area contributed by atoms with Crippen molar-refractivity contribution in [2.24, 2.45) is 0 Å². The van der Waals surface area contributed by atoms with Gasteiger partial charge in [-0.2, -0.15) is 0 Å². The van der Waals surface area contributed by atoms with E-state index in [1.54, 1.807) is 0 Å². The van der Waals surface area contributed by atoms with Crippen molar-refractivity contribution in [2.45, 2.75) is 18.9 Å². The third kappa shape index (κ3) is 3.25. The van der Waals surface area contributed by atoms with Crippen molar-refractivity contribution in [3.05, 3.63) is 62.6 Å². The second-order valence-corrected chi connectivity index (χ2v) is 6.60. The quantitative estimate of drug-likeness (QED) is 0.847. The molecule has 2 aromatic carbocycles. The Kier molecular flexibility index (Phi) is 4.53. The van der Waals surface area contributed by atoms with Gasteiger partial charge in [0.25, 0.3) is 0 Å². The number of hydrogen-bond acceptors (Lipinski definition) is 2. The van der Waals surface area contributed by atoms with Gasteiger partial charge in [0.2, 0.25) is 0 Å². The van der Waals surface area contributed by atoms with Crippen molar-refractivity contribution < 1.29 is 4.74 Å². The summed E-state index contributed by atoms with van der Waals surface area (Å²) >= 11 is 9.69. The summed E-state index contributed by atoms with van der Waals surface area (Å²) in [6.45, 7) is 0.822. The number of aryl methyl sites for hydroxylation is 1. The van der Waals surface area contributed by atoms with Crippen LogP contribution in [0.4, 0.5) is 0 Å². The average molecular weight is 367 g/mol. The summed E-state index contributed by atoms with van der Waals surface area (Å²) in [6, 6.07) is 12.6. The van der Waals surface area contributed by atoms with Gasteiger partial charge < -0.3 is 10.1 Å².